The quantitative estimate of drug-likeness (QED) is 0.553. The minimum absolute atomic E-state index is 0.200. The van der Waals surface area contributed by atoms with Crippen molar-refractivity contribution in [3.05, 3.63) is 29.8 Å². The fraction of sp³-hybridized carbons (Fsp3) is 0.667. The third-order valence-electron chi connectivity index (χ3n) is 6.36. The average Bonchev–Trinajstić information content (AvgIpc) is 2.50. The van der Waals surface area contributed by atoms with Crippen molar-refractivity contribution < 1.29 is 9.53 Å². The lowest BCUT2D eigenvalue weighted by atomic mass is 9.48. The molecule has 1 aromatic rings. The zero-order valence-corrected chi connectivity index (χ0v) is 16.6. The Balaban J connectivity index is 1.25. The second kappa shape index (κ2) is 6.61. The highest BCUT2D eigenvalue weighted by Gasteiger charge is 2.57. The van der Waals surface area contributed by atoms with E-state index in [1.54, 1.807) is 0 Å². The van der Waals surface area contributed by atoms with E-state index < -0.39 is 0 Å². The summed E-state index contributed by atoms with van der Waals surface area (Å²) in [7, 11) is 0. The van der Waals surface area contributed by atoms with Gasteiger partial charge in [0.15, 0.2) is 0 Å². The van der Waals surface area contributed by atoms with Crippen LogP contribution >= 0.6 is 15.9 Å². The highest BCUT2D eigenvalue weighted by molar-refractivity contribution is 9.10. The van der Waals surface area contributed by atoms with E-state index in [2.05, 4.69) is 28.2 Å². The molecule has 4 saturated carbocycles. The average molecular weight is 406 g/mol. The Morgan fingerprint density at radius 3 is 2.52 bits per heavy atom. The van der Waals surface area contributed by atoms with Gasteiger partial charge in [-0.05, 0) is 74.8 Å². The molecule has 3 nitrogen and oxygen atoms in total. The van der Waals surface area contributed by atoms with Crippen LogP contribution in [0, 0.1) is 24.2 Å². The number of carbonyl (C=O) groups is 1. The van der Waals surface area contributed by atoms with E-state index in [-0.39, 0.29) is 11.3 Å². The summed E-state index contributed by atoms with van der Waals surface area (Å²) in [6, 6.07) is 8.03. The van der Waals surface area contributed by atoms with Gasteiger partial charge in [-0.2, -0.15) is 0 Å². The van der Waals surface area contributed by atoms with Gasteiger partial charge in [0.25, 0.3) is 0 Å². The molecule has 2 unspecified atom stereocenters. The number of aryl methyl sites for hydroxylation is 1. The highest BCUT2D eigenvalue weighted by atomic mass is 79.9. The number of amides is 1. The molecule has 0 heterocycles. The lowest BCUT2D eigenvalue weighted by molar-refractivity contribution is -0.128. The van der Waals surface area contributed by atoms with Gasteiger partial charge in [-0.3, -0.25) is 4.79 Å². The zero-order valence-electron chi connectivity index (χ0n) is 15.0. The van der Waals surface area contributed by atoms with Crippen LogP contribution in [0.1, 0.15) is 50.5 Å². The van der Waals surface area contributed by atoms with Crippen molar-refractivity contribution in [1.29, 1.82) is 0 Å². The maximum absolute atomic E-state index is 12.5. The number of alkyl halides is 1. The van der Waals surface area contributed by atoms with Gasteiger partial charge in [0.2, 0.25) is 5.91 Å². The molecular formula is C21H28BrNO2. The molecule has 4 bridgehead atoms. The van der Waals surface area contributed by atoms with Crippen LogP contribution in [0.3, 0.4) is 0 Å². The largest absolute Gasteiger partial charge is 0.492 e. The Bertz CT molecular complexity index is 628. The number of nitrogens with one attached hydrogen (secondary N) is 1. The first kappa shape index (κ1) is 17.4. The summed E-state index contributed by atoms with van der Waals surface area (Å²) in [5.74, 6) is 2.73. The minimum Gasteiger partial charge on any atom is -0.492 e. The summed E-state index contributed by atoms with van der Waals surface area (Å²) in [6.45, 7) is 3.16. The van der Waals surface area contributed by atoms with Gasteiger partial charge in [-0.25, -0.2) is 0 Å². The summed E-state index contributed by atoms with van der Waals surface area (Å²) >= 11 is 4.03. The Labute approximate surface area is 159 Å². The van der Waals surface area contributed by atoms with E-state index in [9.17, 15) is 4.79 Å². The minimum atomic E-state index is 0.200. The van der Waals surface area contributed by atoms with Crippen LogP contribution in [-0.4, -0.2) is 23.4 Å². The van der Waals surface area contributed by atoms with Gasteiger partial charge >= 0.3 is 0 Å². The third-order valence-corrected chi connectivity index (χ3v) is 7.29. The van der Waals surface area contributed by atoms with E-state index in [1.807, 2.05) is 24.3 Å². The predicted molar refractivity (Wildman–Crippen MR) is 103 cm³/mol. The van der Waals surface area contributed by atoms with Crippen LogP contribution < -0.4 is 10.1 Å². The molecule has 4 aliphatic rings. The molecule has 0 aromatic heterocycles. The number of carbonyl (C=O) groups excluding carboxylic acids is 1. The number of hydrogen-bond donors (Lipinski definition) is 1. The molecule has 25 heavy (non-hydrogen) atoms. The molecule has 1 aromatic carbocycles. The molecule has 4 aliphatic carbocycles. The molecule has 4 fully saturated rings. The SMILES string of the molecule is Cc1ccc(OCCNC(=O)CC23CC4CC(CC(Br)(C4)C2)C3)cc1. The number of rotatable bonds is 6. The van der Waals surface area contributed by atoms with Crippen molar-refractivity contribution in [2.24, 2.45) is 17.3 Å². The van der Waals surface area contributed by atoms with E-state index in [1.165, 1.54) is 44.1 Å². The topological polar surface area (TPSA) is 38.3 Å². The monoisotopic (exact) mass is 405 g/mol. The molecule has 0 spiro atoms. The molecule has 1 amide bonds. The van der Waals surface area contributed by atoms with Gasteiger partial charge in [0, 0.05) is 10.7 Å². The number of ether oxygens (including phenoxy) is 1. The van der Waals surface area contributed by atoms with Gasteiger partial charge in [-0.1, -0.05) is 33.6 Å². The van der Waals surface area contributed by atoms with Gasteiger partial charge in [0.1, 0.15) is 12.4 Å². The van der Waals surface area contributed by atoms with Crippen molar-refractivity contribution in [1.82, 2.24) is 5.32 Å². The Morgan fingerprint density at radius 1 is 1.20 bits per heavy atom. The second-order valence-electron chi connectivity index (χ2n) is 8.80. The first-order valence-electron chi connectivity index (χ1n) is 9.59. The summed E-state index contributed by atoms with van der Waals surface area (Å²) in [6.07, 6.45) is 8.40. The van der Waals surface area contributed by atoms with Crippen molar-refractivity contribution in [2.75, 3.05) is 13.2 Å². The predicted octanol–water partition coefficient (Wildman–Crippen LogP) is 4.61. The van der Waals surface area contributed by atoms with Crippen LogP contribution in [0.4, 0.5) is 0 Å². The zero-order chi connectivity index (χ0) is 17.5. The first-order chi connectivity index (χ1) is 11.9. The molecular weight excluding hydrogens is 378 g/mol. The Kier molecular flexibility index (Phi) is 4.59. The number of hydrogen-bond acceptors (Lipinski definition) is 2. The fourth-order valence-corrected chi connectivity index (χ4v) is 7.45. The van der Waals surface area contributed by atoms with Crippen molar-refractivity contribution in [3.63, 3.8) is 0 Å². The number of halogens is 1. The smallest absolute Gasteiger partial charge is 0.220 e. The van der Waals surface area contributed by atoms with E-state index in [0.29, 0.717) is 23.9 Å². The number of benzene rings is 1. The van der Waals surface area contributed by atoms with Gasteiger partial charge in [-0.15, -0.1) is 0 Å². The second-order valence-corrected chi connectivity index (χ2v) is 10.5. The molecule has 4 heteroatoms. The van der Waals surface area contributed by atoms with Crippen LogP contribution in [0.25, 0.3) is 0 Å². The van der Waals surface area contributed by atoms with Crippen LogP contribution in [-0.2, 0) is 4.79 Å². The summed E-state index contributed by atoms with van der Waals surface area (Å²) in [4.78, 5) is 12.5. The maximum atomic E-state index is 12.5. The van der Waals surface area contributed by atoms with Gasteiger partial charge < -0.3 is 10.1 Å². The normalized spacial score (nSPS) is 35.6. The van der Waals surface area contributed by atoms with Crippen molar-refractivity contribution in [3.8, 4) is 5.75 Å². The molecule has 1 N–H and O–H groups in total. The van der Waals surface area contributed by atoms with E-state index in [4.69, 9.17) is 4.74 Å². The molecule has 0 radical (unpaired) electrons. The first-order valence-corrected chi connectivity index (χ1v) is 10.4. The molecule has 136 valence electrons. The van der Waals surface area contributed by atoms with Gasteiger partial charge in [0.05, 0.1) is 6.54 Å². The molecule has 5 rings (SSSR count). The fourth-order valence-electron chi connectivity index (χ4n) is 5.94. The lowest BCUT2D eigenvalue weighted by Gasteiger charge is -2.60. The standard InChI is InChI=1S/C21H28BrNO2/c1-15-2-4-18(5-3-15)25-7-6-23-19(24)13-20-9-16-8-17(10-20)12-21(22,11-16)14-20/h2-5,16-17H,6-14H2,1H3,(H,23,24). The third kappa shape index (κ3) is 3.89. The highest BCUT2D eigenvalue weighted by Crippen LogP contribution is 2.65. The van der Waals surface area contributed by atoms with E-state index >= 15 is 0 Å². The summed E-state index contributed by atoms with van der Waals surface area (Å²) in [5.41, 5.74) is 1.47. The van der Waals surface area contributed by atoms with Crippen LogP contribution in [0.15, 0.2) is 24.3 Å². The van der Waals surface area contributed by atoms with Crippen molar-refractivity contribution in [2.45, 2.75) is 56.2 Å². The Morgan fingerprint density at radius 2 is 1.88 bits per heavy atom. The van der Waals surface area contributed by atoms with E-state index in [0.717, 1.165) is 17.6 Å². The van der Waals surface area contributed by atoms with Crippen molar-refractivity contribution >= 4 is 21.8 Å². The summed E-state index contributed by atoms with van der Waals surface area (Å²) in [5, 5.41) is 3.07. The molecule has 2 atom stereocenters. The lowest BCUT2D eigenvalue weighted by Crippen LogP contribution is -2.54. The molecule has 0 saturated heterocycles. The molecule has 0 aliphatic heterocycles. The maximum Gasteiger partial charge on any atom is 0.220 e. The van der Waals surface area contributed by atoms with Crippen LogP contribution in [0.2, 0.25) is 0 Å². The summed E-state index contributed by atoms with van der Waals surface area (Å²) < 4.78 is 6.02. The van der Waals surface area contributed by atoms with Crippen LogP contribution in [0.5, 0.6) is 5.75 Å². The Hall–Kier alpha value is -1.03.